The van der Waals surface area contributed by atoms with Crippen molar-refractivity contribution in [3.63, 3.8) is 0 Å². The molecule has 1 N–H and O–H groups in total. The lowest BCUT2D eigenvalue weighted by Crippen LogP contribution is -2.52. The molecule has 0 atom stereocenters. The van der Waals surface area contributed by atoms with E-state index in [0.29, 0.717) is 51.9 Å². The average Bonchev–Trinajstić information content (AvgIpc) is 2.59. The minimum atomic E-state index is -0.763. The first kappa shape index (κ1) is 17.3. The van der Waals surface area contributed by atoms with Gasteiger partial charge in [0.05, 0.1) is 11.5 Å². The van der Waals surface area contributed by atoms with E-state index in [4.69, 9.17) is 5.26 Å². The number of urea groups is 1. The number of rotatable bonds is 4. The fraction of sp³-hybridized carbons (Fsp3) is 0.706. The number of carboxylic acids is 1. The summed E-state index contributed by atoms with van der Waals surface area (Å²) < 4.78 is 0. The Kier molecular flexibility index (Phi) is 5.64. The number of nitrogens with zero attached hydrogens (tertiary/aromatic N) is 3. The van der Waals surface area contributed by atoms with Crippen molar-refractivity contribution in [2.24, 2.45) is 11.3 Å². The van der Waals surface area contributed by atoms with Gasteiger partial charge < -0.3 is 14.9 Å². The normalized spacial score (nSPS) is 21.5. The monoisotopic (exact) mass is 319 g/mol. The van der Waals surface area contributed by atoms with Gasteiger partial charge in [-0.05, 0) is 38.5 Å². The van der Waals surface area contributed by atoms with Crippen molar-refractivity contribution >= 4 is 12.0 Å². The predicted molar refractivity (Wildman–Crippen MR) is 85.6 cm³/mol. The Morgan fingerprint density at radius 3 is 2.26 bits per heavy atom. The van der Waals surface area contributed by atoms with E-state index in [1.165, 1.54) is 0 Å². The van der Waals surface area contributed by atoms with Crippen LogP contribution in [0.15, 0.2) is 12.7 Å². The molecule has 0 aliphatic carbocycles. The van der Waals surface area contributed by atoms with Gasteiger partial charge in [-0.15, -0.1) is 6.58 Å². The van der Waals surface area contributed by atoms with E-state index in [0.717, 1.165) is 12.8 Å². The summed E-state index contributed by atoms with van der Waals surface area (Å²) in [6, 6.07) is 2.25. The molecule has 0 radical (unpaired) electrons. The minimum absolute atomic E-state index is 0.0101. The molecule has 2 rings (SSSR count). The lowest BCUT2D eigenvalue weighted by molar-refractivity contribution is -0.152. The van der Waals surface area contributed by atoms with Crippen LogP contribution in [0, 0.1) is 22.7 Å². The molecule has 2 amide bonds. The molecule has 0 aromatic carbocycles. The van der Waals surface area contributed by atoms with Gasteiger partial charge in [-0.1, -0.05) is 6.08 Å². The van der Waals surface area contributed by atoms with Gasteiger partial charge in [0.2, 0.25) is 0 Å². The molecule has 126 valence electrons. The second-order valence-corrected chi connectivity index (χ2v) is 6.57. The summed E-state index contributed by atoms with van der Waals surface area (Å²) in [4.78, 5) is 27.8. The van der Waals surface area contributed by atoms with Crippen LogP contribution in [-0.2, 0) is 4.79 Å². The lowest BCUT2D eigenvalue weighted by Gasteiger charge is -2.41. The van der Waals surface area contributed by atoms with Gasteiger partial charge in [-0.25, -0.2) is 4.79 Å². The number of hydrogen-bond donors (Lipinski definition) is 1. The predicted octanol–water partition coefficient (Wildman–Crippen LogP) is 2.47. The number of nitriles is 1. The van der Waals surface area contributed by atoms with Crippen molar-refractivity contribution in [3.05, 3.63) is 12.7 Å². The summed E-state index contributed by atoms with van der Waals surface area (Å²) in [5, 5.41) is 18.5. The maximum Gasteiger partial charge on any atom is 0.319 e. The summed E-state index contributed by atoms with van der Waals surface area (Å²) in [6.07, 6.45) is 5.47. The number of carbonyl (C=O) groups is 2. The molecule has 2 heterocycles. The zero-order valence-electron chi connectivity index (χ0n) is 13.5. The van der Waals surface area contributed by atoms with Crippen LogP contribution in [0.5, 0.6) is 0 Å². The number of hydrogen-bond acceptors (Lipinski definition) is 3. The van der Waals surface area contributed by atoms with Gasteiger partial charge in [0, 0.05) is 32.1 Å². The molecule has 0 spiro atoms. The molecule has 2 saturated heterocycles. The summed E-state index contributed by atoms with van der Waals surface area (Å²) in [6.45, 7) is 5.88. The standard InChI is InChI=1S/C17H25N3O3/c1-2-3-6-17(15(21)22)7-11-20(12-8-17)16(23)19-9-4-14(13-18)5-10-19/h2,14H,1,3-12H2,(H,21,22). The molecule has 0 saturated carbocycles. The molecule has 2 aliphatic rings. The third kappa shape index (κ3) is 3.84. The third-order valence-electron chi connectivity index (χ3n) is 5.22. The lowest BCUT2D eigenvalue weighted by atomic mass is 9.75. The van der Waals surface area contributed by atoms with Gasteiger partial charge in [0.25, 0.3) is 0 Å². The summed E-state index contributed by atoms with van der Waals surface area (Å²) in [5.41, 5.74) is -0.723. The van der Waals surface area contributed by atoms with Crippen LogP contribution in [0.3, 0.4) is 0 Å². The largest absolute Gasteiger partial charge is 0.481 e. The van der Waals surface area contributed by atoms with E-state index < -0.39 is 11.4 Å². The van der Waals surface area contributed by atoms with E-state index in [9.17, 15) is 14.7 Å². The van der Waals surface area contributed by atoms with Crippen molar-refractivity contribution < 1.29 is 14.7 Å². The first-order chi connectivity index (χ1) is 11.0. The van der Waals surface area contributed by atoms with Crippen LogP contribution >= 0.6 is 0 Å². The Balaban J connectivity index is 1.90. The van der Waals surface area contributed by atoms with E-state index in [-0.39, 0.29) is 11.9 Å². The molecule has 6 nitrogen and oxygen atoms in total. The van der Waals surface area contributed by atoms with Crippen molar-refractivity contribution in [2.75, 3.05) is 26.2 Å². The highest BCUT2D eigenvalue weighted by Gasteiger charge is 2.42. The van der Waals surface area contributed by atoms with Gasteiger partial charge in [-0.3, -0.25) is 4.79 Å². The number of likely N-dealkylation sites (tertiary alicyclic amines) is 2. The number of allylic oxidation sites excluding steroid dienone is 1. The highest BCUT2D eigenvalue weighted by atomic mass is 16.4. The van der Waals surface area contributed by atoms with Crippen molar-refractivity contribution in [1.29, 1.82) is 5.26 Å². The first-order valence-electron chi connectivity index (χ1n) is 8.30. The SMILES string of the molecule is C=CCCC1(C(=O)O)CCN(C(=O)N2CCC(C#N)CC2)CC1. The van der Waals surface area contributed by atoms with Crippen molar-refractivity contribution in [2.45, 2.75) is 38.5 Å². The maximum atomic E-state index is 12.5. The van der Waals surface area contributed by atoms with Crippen LogP contribution in [0.25, 0.3) is 0 Å². The number of carbonyl (C=O) groups excluding carboxylic acids is 1. The molecular weight excluding hydrogens is 294 g/mol. The maximum absolute atomic E-state index is 12.5. The number of piperidine rings is 2. The van der Waals surface area contributed by atoms with Crippen LogP contribution in [0.4, 0.5) is 4.79 Å². The van der Waals surface area contributed by atoms with E-state index in [2.05, 4.69) is 12.6 Å². The zero-order valence-corrected chi connectivity index (χ0v) is 13.5. The minimum Gasteiger partial charge on any atom is -0.481 e. The van der Waals surface area contributed by atoms with Crippen molar-refractivity contribution in [3.8, 4) is 6.07 Å². The molecule has 2 fully saturated rings. The average molecular weight is 319 g/mol. The second kappa shape index (κ2) is 7.49. The van der Waals surface area contributed by atoms with Gasteiger partial charge >= 0.3 is 12.0 Å². The fourth-order valence-electron chi connectivity index (χ4n) is 3.48. The van der Waals surface area contributed by atoms with Crippen molar-refractivity contribution in [1.82, 2.24) is 9.80 Å². The van der Waals surface area contributed by atoms with Gasteiger partial charge in [0.15, 0.2) is 0 Å². The molecular formula is C17H25N3O3. The Morgan fingerprint density at radius 2 is 1.78 bits per heavy atom. The quantitative estimate of drug-likeness (QED) is 0.807. The summed E-state index contributed by atoms with van der Waals surface area (Å²) in [5.74, 6) is -0.708. The highest BCUT2D eigenvalue weighted by molar-refractivity contribution is 5.77. The molecule has 0 aromatic rings. The smallest absolute Gasteiger partial charge is 0.319 e. The van der Waals surface area contributed by atoms with Gasteiger partial charge in [-0.2, -0.15) is 5.26 Å². The molecule has 23 heavy (non-hydrogen) atoms. The molecule has 0 bridgehead atoms. The van der Waals surface area contributed by atoms with E-state index in [1.54, 1.807) is 15.9 Å². The van der Waals surface area contributed by atoms with Crippen LogP contribution in [0.1, 0.15) is 38.5 Å². The Bertz CT molecular complexity index is 496. The highest BCUT2D eigenvalue weighted by Crippen LogP contribution is 2.37. The van der Waals surface area contributed by atoms with Crippen LogP contribution < -0.4 is 0 Å². The molecule has 0 aromatic heterocycles. The molecule has 6 heteroatoms. The first-order valence-corrected chi connectivity index (χ1v) is 8.30. The Hall–Kier alpha value is -2.03. The van der Waals surface area contributed by atoms with Crippen LogP contribution in [-0.4, -0.2) is 53.1 Å². The Morgan fingerprint density at radius 1 is 1.22 bits per heavy atom. The van der Waals surface area contributed by atoms with E-state index >= 15 is 0 Å². The molecule has 0 unspecified atom stereocenters. The Labute approximate surface area is 137 Å². The number of amides is 2. The molecule has 2 aliphatic heterocycles. The number of carboxylic acid groups (broad SMARTS) is 1. The van der Waals surface area contributed by atoms with E-state index in [1.807, 2.05) is 0 Å². The van der Waals surface area contributed by atoms with Crippen LogP contribution in [0.2, 0.25) is 0 Å². The van der Waals surface area contributed by atoms with Gasteiger partial charge in [0.1, 0.15) is 0 Å². The number of aliphatic carboxylic acids is 1. The fourth-order valence-corrected chi connectivity index (χ4v) is 3.48. The zero-order chi connectivity index (χ0) is 16.9. The topological polar surface area (TPSA) is 84.6 Å². The summed E-state index contributed by atoms with van der Waals surface area (Å²) >= 11 is 0. The summed E-state index contributed by atoms with van der Waals surface area (Å²) in [7, 11) is 0. The second-order valence-electron chi connectivity index (χ2n) is 6.57. The third-order valence-corrected chi connectivity index (χ3v) is 5.22.